The SMILES string of the molecule is CCN(Cc1cccc(NC(=O)c2nc(Cl)ccc2Cl)c1)C(C)=O. The molecule has 0 saturated carbocycles. The van der Waals surface area contributed by atoms with Crippen molar-refractivity contribution < 1.29 is 9.59 Å². The van der Waals surface area contributed by atoms with Crippen molar-refractivity contribution in [1.29, 1.82) is 0 Å². The predicted octanol–water partition coefficient (Wildman–Crippen LogP) is 4.01. The minimum atomic E-state index is -0.446. The first-order valence-corrected chi connectivity index (χ1v) is 8.14. The zero-order valence-corrected chi connectivity index (χ0v) is 14.9. The van der Waals surface area contributed by atoms with E-state index in [1.54, 1.807) is 11.0 Å². The third-order valence-corrected chi connectivity index (χ3v) is 3.93. The summed E-state index contributed by atoms with van der Waals surface area (Å²) in [5.74, 6) is -0.444. The number of rotatable bonds is 5. The molecule has 126 valence electrons. The number of benzene rings is 1. The molecule has 1 heterocycles. The van der Waals surface area contributed by atoms with Crippen LogP contribution in [0.15, 0.2) is 36.4 Å². The third-order valence-electron chi connectivity index (χ3n) is 3.41. The molecule has 1 N–H and O–H groups in total. The van der Waals surface area contributed by atoms with Crippen molar-refractivity contribution in [3.8, 4) is 0 Å². The molecule has 0 unspecified atom stereocenters. The summed E-state index contributed by atoms with van der Waals surface area (Å²) >= 11 is 11.8. The topological polar surface area (TPSA) is 62.3 Å². The minimum Gasteiger partial charge on any atom is -0.339 e. The molecule has 0 spiro atoms. The van der Waals surface area contributed by atoms with Gasteiger partial charge in [-0.15, -0.1) is 0 Å². The fourth-order valence-electron chi connectivity index (χ4n) is 2.18. The van der Waals surface area contributed by atoms with Crippen molar-refractivity contribution in [1.82, 2.24) is 9.88 Å². The van der Waals surface area contributed by atoms with Gasteiger partial charge in [0.15, 0.2) is 0 Å². The van der Waals surface area contributed by atoms with Crippen LogP contribution in [0.3, 0.4) is 0 Å². The van der Waals surface area contributed by atoms with Gasteiger partial charge in [0.25, 0.3) is 5.91 Å². The van der Waals surface area contributed by atoms with Gasteiger partial charge in [0.05, 0.1) is 5.02 Å². The van der Waals surface area contributed by atoms with E-state index in [-0.39, 0.29) is 21.8 Å². The molecule has 0 fully saturated rings. The normalized spacial score (nSPS) is 10.3. The van der Waals surface area contributed by atoms with Crippen molar-refractivity contribution in [3.05, 3.63) is 57.8 Å². The lowest BCUT2D eigenvalue weighted by Gasteiger charge is -2.19. The highest BCUT2D eigenvalue weighted by Crippen LogP contribution is 2.19. The molecule has 7 heteroatoms. The summed E-state index contributed by atoms with van der Waals surface area (Å²) in [5.41, 5.74) is 1.57. The van der Waals surface area contributed by atoms with Crippen LogP contribution in [-0.4, -0.2) is 28.2 Å². The number of amides is 2. The van der Waals surface area contributed by atoms with Crippen LogP contribution in [0.25, 0.3) is 0 Å². The van der Waals surface area contributed by atoms with Crippen molar-refractivity contribution in [2.75, 3.05) is 11.9 Å². The Bertz CT molecular complexity index is 765. The quantitative estimate of drug-likeness (QED) is 0.814. The molecule has 0 aliphatic carbocycles. The molecule has 0 bridgehead atoms. The molecule has 24 heavy (non-hydrogen) atoms. The maximum atomic E-state index is 12.3. The first-order chi connectivity index (χ1) is 11.4. The maximum Gasteiger partial charge on any atom is 0.275 e. The predicted molar refractivity (Wildman–Crippen MR) is 95.4 cm³/mol. The third kappa shape index (κ3) is 4.69. The molecule has 0 aliphatic rings. The van der Waals surface area contributed by atoms with Crippen molar-refractivity contribution in [3.63, 3.8) is 0 Å². The average molecular weight is 366 g/mol. The summed E-state index contributed by atoms with van der Waals surface area (Å²) in [6, 6.07) is 10.3. The van der Waals surface area contributed by atoms with Crippen molar-refractivity contribution in [2.45, 2.75) is 20.4 Å². The van der Waals surface area contributed by atoms with Gasteiger partial charge in [0, 0.05) is 25.7 Å². The smallest absolute Gasteiger partial charge is 0.275 e. The Labute approximate surface area is 150 Å². The second-order valence-electron chi connectivity index (χ2n) is 5.15. The number of aromatic nitrogens is 1. The maximum absolute atomic E-state index is 12.3. The highest BCUT2D eigenvalue weighted by atomic mass is 35.5. The number of anilines is 1. The number of hydrogen-bond donors (Lipinski definition) is 1. The number of pyridine rings is 1. The van der Waals surface area contributed by atoms with Crippen molar-refractivity contribution >= 4 is 40.7 Å². The lowest BCUT2D eigenvalue weighted by molar-refractivity contribution is -0.129. The molecule has 0 radical (unpaired) electrons. The Hall–Kier alpha value is -2.11. The van der Waals surface area contributed by atoms with Crippen molar-refractivity contribution in [2.24, 2.45) is 0 Å². The van der Waals surface area contributed by atoms with Gasteiger partial charge < -0.3 is 10.2 Å². The Balaban J connectivity index is 2.15. The number of carbonyl (C=O) groups is 2. The Morgan fingerprint density at radius 2 is 1.96 bits per heavy atom. The number of carbonyl (C=O) groups excluding carboxylic acids is 2. The Morgan fingerprint density at radius 1 is 1.21 bits per heavy atom. The molecule has 2 rings (SSSR count). The molecule has 2 aromatic rings. The zero-order valence-electron chi connectivity index (χ0n) is 13.3. The summed E-state index contributed by atoms with van der Waals surface area (Å²) in [4.78, 5) is 29.5. The van der Waals surface area contributed by atoms with Crippen LogP contribution in [0, 0.1) is 0 Å². The van der Waals surface area contributed by atoms with E-state index in [0.29, 0.717) is 18.8 Å². The molecule has 1 aromatic carbocycles. The molecular formula is C17H17Cl2N3O2. The van der Waals surface area contributed by atoms with Gasteiger partial charge in [-0.05, 0) is 36.8 Å². The largest absolute Gasteiger partial charge is 0.339 e. The zero-order chi connectivity index (χ0) is 17.7. The number of nitrogens with zero attached hydrogens (tertiary/aromatic N) is 2. The second-order valence-corrected chi connectivity index (χ2v) is 5.95. The molecule has 0 aliphatic heterocycles. The van der Waals surface area contributed by atoms with E-state index in [2.05, 4.69) is 10.3 Å². The molecule has 0 atom stereocenters. The lowest BCUT2D eigenvalue weighted by atomic mass is 10.2. The summed E-state index contributed by atoms with van der Waals surface area (Å²) in [6.45, 7) is 4.54. The van der Waals surface area contributed by atoms with Gasteiger partial charge in [-0.2, -0.15) is 0 Å². The molecule has 2 amide bonds. The van der Waals surface area contributed by atoms with E-state index >= 15 is 0 Å². The second kappa shape index (κ2) is 8.13. The number of halogens is 2. The van der Waals surface area contributed by atoms with Gasteiger partial charge in [-0.3, -0.25) is 9.59 Å². The van der Waals surface area contributed by atoms with E-state index in [1.807, 2.05) is 25.1 Å². The summed E-state index contributed by atoms with van der Waals surface area (Å²) in [6.07, 6.45) is 0. The first-order valence-electron chi connectivity index (χ1n) is 7.38. The van der Waals surface area contributed by atoms with E-state index in [0.717, 1.165) is 5.56 Å². The molecule has 5 nitrogen and oxygen atoms in total. The Kier molecular flexibility index (Phi) is 6.17. The van der Waals surface area contributed by atoms with Crippen LogP contribution in [0.2, 0.25) is 10.2 Å². The van der Waals surface area contributed by atoms with Gasteiger partial charge in [-0.25, -0.2) is 4.98 Å². The van der Waals surface area contributed by atoms with Gasteiger partial charge in [0.1, 0.15) is 10.8 Å². The van der Waals surface area contributed by atoms with Crippen LogP contribution in [0.4, 0.5) is 5.69 Å². The van der Waals surface area contributed by atoms with E-state index in [1.165, 1.54) is 19.1 Å². The average Bonchev–Trinajstić information content (AvgIpc) is 2.54. The fraction of sp³-hybridized carbons (Fsp3) is 0.235. The number of hydrogen-bond acceptors (Lipinski definition) is 3. The summed E-state index contributed by atoms with van der Waals surface area (Å²) in [5, 5.41) is 3.16. The molecule has 1 aromatic heterocycles. The number of nitrogens with one attached hydrogen (secondary N) is 1. The van der Waals surface area contributed by atoms with Crippen LogP contribution in [-0.2, 0) is 11.3 Å². The molecule has 0 saturated heterocycles. The van der Waals surface area contributed by atoms with Crippen LogP contribution in [0.5, 0.6) is 0 Å². The minimum absolute atomic E-state index is 0.00171. The fourth-order valence-corrected chi connectivity index (χ4v) is 2.52. The van der Waals surface area contributed by atoms with E-state index in [9.17, 15) is 9.59 Å². The lowest BCUT2D eigenvalue weighted by Crippen LogP contribution is -2.27. The summed E-state index contributed by atoms with van der Waals surface area (Å²) in [7, 11) is 0. The first kappa shape index (κ1) is 18.2. The van der Waals surface area contributed by atoms with Gasteiger partial charge in [-0.1, -0.05) is 35.3 Å². The standard InChI is InChI=1S/C17H17Cl2N3O2/c1-3-22(11(2)23)10-12-5-4-6-13(9-12)20-17(24)16-14(18)7-8-15(19)21-16/h4-9H,3,10H2,1-2H3,(H,20,24). The van der Waals surface area contributed by atoms with E-state index < -0.39 is 5.91 Å². The highest BCUT2D eigenvalue weighted by molar-refractivity contribution is 6.35. The monoisotopic (exact) mass is 365 g/mol. The highest BCUT2D eigenvalue weighted by Gasteiger charge is 2.14. The van der Waals surface area contributed by atoms with Crippen LogP contribution in [0.1, 0.15) is 29.9 Å². The van der Waals surface area contributed by atoms with Crippen LogP contribution >= 0.6 is 23.2 Å². The van der Waals surface area contributed by atoms with E-state index in [4.69, 9.17) is 23.2 Å². The Morgan fingerprint density at radius 3 is 2.62 bits per heavy atom. The van der Waals surface area contributed by atoms with Gasteiger partial charge in [0.2, 0.25) is 5.91 Å². The van der Waals surface area contributed by atoms with Gasteiger partial charge >= 0.3 is 0 Å². The summed E-state index contributed by atoms with van der Waals surface area (Å²) < 4.78 is 0. The van der Waals surface area contributed by atoms with Crippen LogP contribution < -0.4 is 5.32 Å². The molecular weight excluding hydrogens is 349 g/mol.